The van der Waals surface area contributed by atoms with Gasteiger partial charge in [0.05, 0.1) is 0 Å². The van der Waals surface area contributed by atoms with Gasteiger partial charge in [-0.3, -0.25) is 9.59 Å². The van der Waals surface area contributed by atoms with Crippen molar-refractivity contribution in [3.63, 3.8) is 0 Å². The summed E-state index contributed by atoms with van der Waals surface area (Å²) in [6.45, 7) is 4.86. The summed E-state index contributed by atoms with van der Waals surface area (Å²) in [4.78, 5) is 28.0. The molecule has 0 radical (unpaired) electrons. The highest BCUT2D eigenvalue weighted by Gasteiger charge is 2.28. The van der Waals surface area contributed by atoms with Crippen LogP contribution in [0, 0.1) is 0 Å². The van der Waals surface area contributed by atoms with Gasteiger partial charge in [0.25, 0.3) is 0 Å². The van der Waals surface area contributed by atoms with Crippen LogP contribution in [0.2, 0.25) is 5.02 Å². The summed E-state index contributed by atoms with van der Waals surface area (Å²) in [5.74, 6) is -0.156. The molecule has 0 aliphatic rings. The average Bonchev–Trinajstić information content (AvgIpc) is 2.82. The van der Waals surface area contributed by atoms with Crippen LogP contribution in [0.1, 0.15) is 44.2 Å². The number of rotatable bonds is 10. The van der Waals surface area contributed by atoms with Crippen LogP contribution < -0.4 is 5.32 Å². The molecule has 0 heterocycles. The zero-order chi connectivity index (χ0) is 22.9. The summed E-state index contributed by atoms with van der Waals surface area (Å²) in [7, 11) is 0. The van der Waals surface area contributed by atoms with Gasteiger partial charge in [-0.1, -0.05) is 86.1 Å². The molecule has 32 heavy (non-hydrogen) atoms. The molecule has 0 fully saturated rings. The minimum Gasteiger partial charge on any atom is -0.354 e. The average molecular weight is 451 g/mol. The summed E-state index contributed by atoms with van der Waals surface area (Å²) < 4.78 is 0. The van der Waals surface area contributed by atoms with Crippen molar-refractivity contribution >= 4 is 34.2 Å². The monoisotopic (exact) mass is 450 g/mol. The summed E-state index contributed by atoms with van der Waals surface area (Å²) in [5, 5.41) is 5.87. The lowest BCUT2D eigenvalue weighted by atomic mass is 10.00. The van der Waals surface area contributed by atoms with Gasteiger partial charge in [-0.15, -0.1) is 0 Å². The fourth-order valence-corrected chi connectivity index (χ4v) is 4.19. The zero-order valence-corrected chi connectivity index (χ0v) is 19.6. The summed E-state index contributed by atoms with van der Waals surface area (Å²) in [6.07, 6.45) is 2.34. The number of aryl methyl sites for hydroxylation is 1. The van der Waals surface area contributed by atoms with Crippen LogP contribution in [0.3, 0.4) is 0 Å². The number of carbonyl (C=O) groups is 2. The molecule has 0 spiro atoms. The molecule has 168 valence electrons. The minimum absolute atomic E-state index is 0.0450. The number of carbonyl (C=O) groups excluding carboxylic acids is 2. The second-order valence-corrected chi connectivity index (χ2v) is 8.37. The van der Waals surface area contributed by atoms with E-state index in [9.17, 15) is 9.59 Å². The highest BCUT2D eigenvalue weighted by molar-refractivity contribution is 6.31. The number of hydrogen-bond acceptors (Lipinski definition) is 2. The third-order valence-electron chi connectivity index (χ3n) is 5.72. The molecule has 1 N–H and O–H groups in total. The molecule has 0 bridgehead atoms. The molecule has 3 aromatic rings. The van der Waals surface area contributed by atoms with Gasteiger partial charge in [-0.2, -0.15) is 0 Å². The van der Waals surface area contributed by atoms with E-state index in [4.69, 9.17) is 11.6 Å². The van der Waals surface area contributed by atoms with E-state index < -0.39 is 6.04 Å². The van der Waals surface area contributed by atoms with Gasteiger partial charge in [0.2, 0.25) is 11.8 Å². The maximum Gasteiger partial charge on any atom is 0.242 e. The maximum absolute atomic E-state index is 13.4. The van der Waals surface area contributed by atoms with Crippen molar-refractivity contribution < 1.29 is 9.59 Å². The van der Waals surface area contributed by atoms with Gasteiger partial charge in [0, 0.05) is 24.5 Å². The predicted octanol–water partition coefficient (Wildman–Crippen LogP) is 5.76. The summed E-state index contributed by atoms with van der Waals surface area (Å²) >= 11 is 6.38. The Balaban J connectivity index is 1.83. The Bertz CT molecular complexity index is 1060. The van der Waals surface area contributed by atoms with E-state index in [1.54, 1.807) is 4.90 Å². The molecule has 3 rings (SSSR count). The van der Waals surface area contributed by atoms with E-state index in [0.29, 0.717) is 37.4 Å². The van der Waals surface area contributed by atoms with Crippen LogP contribution >= 0.6 is 11.6 Å². The number of fused-ring (bicyclic) bond motifs is 1. The first-order chi connectivity index (χ1) is 15.5. The molecule has 2 amide bonds. The van der Waals surface area contributed by atoms with Crippen LogP contribution in [-0.2, 0) is 22.6 Å². The standard InChI is InChI=1S/C27H31ClN2O2/c1-3-18-29-27(32)25(4-2)30(19-22-11-6-8-15-24(22)28)26(31)17-16-21-13-9-12-20-10-5-7-14-23(20)21/h5-15,25H,3-4,16-19H2,1-2H3,(H,29,32)/t25-/m0/s1. The molecular formula is C27H31ClN2O2. The van der Waals surface area contributed by atoms with E-state index in [1.165, 1.54) is 0 Å². The minimum atomic E-state index is -0.530. The van der Waals surface area contributed by atoms with Crippen molar-refractivity contribution in [2.75, 3.05) is 6.54 Å². The highest BCUT2D eigenvalue weighted by atomic mass is 35.5. The van der Waals surface area contributed by atoms with Crippen molar-refractivity contribution in [1.82, 2.24) is 10.2 Å². The number of hydrogen-bond donors (Lipinski definition) is 1. The predicted molar refractivity (Wildman–Crippen MR) is 132 cm³/mol. The van der Waals surface area contributed by atoms with Crippen LogP contribution in [0.25, 0.3) is 10.8 Å². The van der Waals surface area contributed by atoms with Crippen LogP contribution in [0.5, 0.6) is 0 Å². The Morgan fingerprint density at radius 3 is 2.38 bits per heavy atom. The van der Waals surface area contributed by atoms with Gasteiger partial charge < -0.3 is 10.2 Å². The number of halogens is 1. The molecule has 0 unspecified atom stereocenters. The second kappa shape index (κ2) is 11.7. The maximum atomic E-state index is 13.4. The van der Waals surface area contributed by atoms with E-state index in [0.717, 1.165) is 28.3 Å². The van der Waals surface area contributed by atoms with Crippen molar-refractivity contribution in [2.45, 2.75) is 52.1 Å². The van der Waals surface area contributed by atoms with Crippen molar-refractivity contribution in [2.24, 2.45) is 0 Å². The second-order valence-electron chi connectivity index (χ2n) is 7.97. The van der Waals surface area contributed by atoms with Crippen molar-refractivity contribution in [3.8, 4) is 0 Å². The molecule has 0 aliphatic heterocycles. The first-order valence-corrected chi connectivity index (χ1v) is 11.7. The lowest BCUT2D eigenvalue weighted by molar-refractivity contribution is -0.141. The van der Waals surface area contributed by atoms with E-state index in [-0.39, 0.29) is 11.8 Å². The SMILES string of the molecule is CCCNC(=O)[C@H](CC)N(Cc1ccccc1Cl)C(=O)CCc1cccc2ccccc12. The summed E-state index contributed by atoms with van der Waals surface area (Å²) in [6, 6.07) is 21.3. The van der Waals surface area contributed by atoms with Crippen molar-refractivity contribution in [1.29, 1.82) is 0 Å². The van der Waals surface area contributed by atoms with Crippen molar-refractivity contribution in [3.05, 3.63) is 82.9 Å². The molecule has 0 aromatic heterocycles. The molecule has 0 saturated carbocycles. The molecule has 4 nitrogen and oxygen atoms in total. The lowest BCUT2D eigenvalue weighted by Crippen LogP contribution is -2.49. The molecular weight excluding hydrogens is 420 g/mol. The Morgan fingerprint density at radius 2 is 1.62 bits per heavy atom. The third-order valence-corrected chi connectivity index (χ3v) is 6.09. The quantitative estimate of drug-likeness (QED) is 0.427. The molecule has 0 aliphatic carbocycles. The largest absolute Gasteiger partial charge is 0.354 e. The van der Waals surface area contributed by atoms with E-state index in [1.807, 2.05) is 56.3 Å². The van der Waals surface area contributed by atoms with Crippen LogP contribution in [0.4, 0.5) is 0 Å². The number of amides is 2. The first-order valence-electron chi connectivity index (χ1n) is 11.3. The van der Waals surface area contributed by atoms with Crippen LogP contribution in [-0.4, -0.2) is 29.3 Å². The van der Waals surface area contributed by atoms with Gasteiger partial charge in [0.1, 0.15) is 6.04 Å². The van der Waals surface area contributed by atoms with Crippen LogP contribution in [0.15, 0.2) is 66.7 Å². The van der Waals surface area contributed by atoms with E-state index >= 15 is 0 Å². The first kappa shape index (κ1) is 23.8. The topological polar surface area (TPSA) is 49.4 Å². The third kappa shape index (κ3) is 5.89. The Kier molecular flexibility index (Phi) is 8.69. The molecule has 1 atom stereocenters. The Hall–Kier alpha value is -2.85. The fourth-order valence-electron chi connectivity index (χ4n) is 3.99. The van der Waals surface area contributed by atoms with Gasteiger partial charge in [-0.25, -0.2) is 0 Å². The smallest absolute Gasteiger partial charge is 0.242 e. The lowest BCUT2D eigenvalue weighted by Gasteiger charge is -2.31. The molecule has 5 heteroatoms. The van der Waals surface area contributed by atoms with Gasteiger partial charge >= 0.3 is 0 Å². The Morgan fingerprint density at radius 1 is 0.938 bits per heavy atom. The normalized spacial score (nSPS) is 11.8. The molecule has 0 saturated heterocycles. The van der Waals surface area contributed by atoms with Gasteiger partial charge in [0.15, 0.2) is 0 Å². The molecule has 3 aromatic carbocycles. The number of nitrogens with one attached hydrogen (secondary N) is 1. The van der Waals surface area contributed by atoms with E-state index in [2.05, 4.69) is 29.6 Å². The fraction of sp³-hybridized carbons (Fsp3) is 0.333. The highest BCUT2D eigenvalue weighted by Crippen LogP contribution is 2.23. The summed E-state index contributed by atoms with van der Waals surface area (Å²) in [5.41, 5.74) is 1.98. The number of nitrogens with zero attached hydrogens (tertiary/aromatic N) is 1. The number of benzene rings is 3. The van der Waals surface area contributed by atoms with Gasteiger partial charge in [-0.05, 0) is 47.2 Å². The zero-order valence-electron chi connectivity index (χ0n) is 18.8. The Labute approximate surface area is 195 Å².